The van der Waals surface area contributed by atoms with Crippen molar-refractivity contribution in [3.05, 3.63) is 71.7 Å². The summed E-state index contributed by atoms with van der Waals surface area (Å²) in [5.74, 6) is -0.420. The van der Waals surface area contributed by atoms with Gasteiger partial charge in [-0.15, -0.1) is 5.10 Å². The number of carbonyl (C=O) groups is 1. The van der Waals surface area contributed by atoms with Crippen LogP contribution in [0.2, 0.25) is 0 Å². The molecule has 39 heavy (non-hydrogen) atoms. The Labute approximate surface area is 225 Å². The Morgan fingerprint density at radius 2 is 1.97 bits per heavy atom. The fraction of sp³-hybridized carbons (Fsp3) is 0.321. The third-order valence-electron chi connectivity index (χ3n) is 6.49. The van der Waals surface area contributed by atoms with E-state index in [1.165, 1.54) is 0 Å². The summed E-state index contributed by atoms with van der Waals surface area (Å²) in [5.41, 5.74) is 3.96. The second kappa shape index (κ2) is 11.0. The van der Waals surface area contributed by atoms with Crippen LogP contribution in [-0.4, -0.2) is 60.3 Å². The molecule has 1 atom stereocenters. The molecule has 0 aliphatic carbocycles. The molecule has 1 aromatic carbocycles. The summed E-state index contributed by atoms with van der Waals surface area (Å²) in [4.78, 5) is 25.4. The second-order valence-electron chi connectivity index (χ2n) is 10.1. The highest BCUT2D eigenvalue weighted by Crippen LogP contribution is 2.27. The number of anilines is 1. The van der Waals surface area contributed by atoms with Crippen molar-refractivity contribution in [3.8, 4) is 28.7 Å². The Morgan fingerprint density at radius 3 is 2.74 bits per heavy atom. The van der Waals surface area contributed by atoms with Gasteiger partial charge in [0.05, 0.1) is 60.5 Å². The van der Waals surface area contributed by atoms with Crippen molar-refractivity contribution in [1.82, 2.24) is 29.9 Å². The number of benzene rings is 1. The van der Waals surface area contributed by atoms with Crippen molar-refractivity contribution in [2.45, 2.75) is 44.7 Å². The number of aliphatic carboxylic acids is 1. The molecule has 4 aromatic rings. The maximum absolute atomic E-state index is 11.3. The normalized spacial score (nSPS) is 15.2. The maximum Gasteiger partial charge on any atom is 0.304 e. The molecule has 0 saturated carbocycles. The van der Waals surface area contributed by atoms with Crippen LogP contribution < -0.4 is 5.32 Å². The number of carboxylic acids is 1. The van der Waals surface area contributed by atoms with Crippen molar-refractivity contribution in [3.63, 3.8) is 0 Å². The molecule has 2 N–H and O–H groups in total. The first kappa shape index (κ1) is 25.9. The van der Waals surface area contributed by atoms with E-state index in [4.69, 9.17) is 19.7 Å². The molecule has 0 bridgehead atoms. The first-order valence-electron chi connectivity index (χ1n) is 12.6. The summed E-state index contributed by atoms with van der Waals surface area (Å²) in [7, 11) is 0. The number of hydrogen-bond acceptors (Lipinski definition) is 9. The number of nitrogens with zero attached hydrogens (tertiary/aromatic N) is 7. The van der Waals surface area contributed by atoms with E-state index in [1.807, 2.05) is 50.2 Å². The Bertz CT molecular complexity index is 1540. The molecule has 1 aliphatic heterocycles. The highest BCUT2D eigenvalue weighted by molar-refractivity contribution is 5.69. The zero-order valence-electron chi connectivity index (χ0n) is 21.7. The zero-order chi connectivity index (χ0) is 27.4. The van der Waals surface area contributed by atoms with Crippen molar-refractivity contribution < 1.29 is 14.6 Å². The smallest absolute Gasteiger partial charge is 0.304 e. The molecule has 198 valence electrons. The quantitative estimate of drug-likeness (QED) is 0.332. The fourth-order valence-corrected chi connectivity index (χ4v) is 4.44. The molecule has 0 spiro atoms. The van der Waals surface area contributed by atoms with Gasteiger partial charge in [-0.1, -0.05) is 37.3 Å². The van der Waals surface area contributed by atoms with Crippen molar-refractivity contribution in [1.29, 1.82) is 5.26 Å². The summed E-state index contributed by atoms with van der Waals surface area (Å²) in [5, 5.41) is 30.6. The highest BCUT2D eigenvalue weighted by atomic mass is 16.5. The van der Waals surface area contributed by atoms with Gasteiger partial charge in [-0.3, -0.25) is 9.78 Å². The molecule has 11 heteroatoms. The molecule has 5 rings (SSSR count). The number of aromatic nitrogens is 6. The van der Waals surface area contributed by atoms with Gasteiger partial charge in [-0.2, -0.15) is 5.26 Å². The second-order valence-corrected chi connectivity index (χ2v) is 10.1. The minimum atomic E-state index is -0.869. The average Bonchev–Trinajstić information content (AvgIpc) is 3.60. The maximum atomic E-state index is 11.3. The summed E-state index contributed by atoms with van der Waals surface area (Å²) in [6, 6.07) is 16.9. The van der Waals surface area contributed by atoms with Gasteiger partial charge in [0.2, 0.25) is 5.95 Å². The minimum Gasteiger partial charge on any atom is -0.481 e. The molecule has 11 nitrogen and oxygen atoms in total. The van der Waals surface area contributed by atoms with Crippen LogP contribution in [0, 0.1) is 11.3 Å². The Balaban J connectivity index is 1.43. The Morgan fingerprint density at radius 1 is 1.15 bits per heavy atom. The van der Waals surface area contributed by atoms with Crippen LogP contribution >= 0.6 is 0 Å². The molecular weight excluding hydrogens is 496 g/mol. The largest absolute Gasteiger partial charge is 0.481 e. The number of ether oxygens (including phenoxy) is 1. The van der Waals surface area contributed by atoms with Gasteiger partial charge in [-0.05, 0) is 36.8 Å². The van der Waals surface area contributed by atoms with E-state index in [0.29, 0.717) is 54.0 Å². The van der Waals surface area contributed by atoms with Crippen LogP contribution in [-0.2, 0) is 21.5 Å². The summed E-state index contributed by atoms with van der Waals surface area (Å²) >= 11 is 0. The molecule has 0 radical (unpaired) electrons. The first-order valence-corrected chi connectivity index (χ1v) is 12.6. The standard InChI is InChI=1S/C28H28N8O3/c1-28(2,13-26(37)38)25-8-4-7-20(30-25)15-36-16-24(34-35-36)23-12-22(19-6-3-5-18(11-19)14-29)32-27(33-23)31-21-9-10-39-17-21/h3-8,11-12,16,21H,9-10,13,15,17H2,1-2H3,(H,37,38)(H,31,32,33). The summed E-state index contributed by atoms with van der Waals surface area (Å²) < 4.78 is 7.15. The van der Waals surface area contributed by atoms with Crippen LogP contribution in [0.3, 0.4) is 0 Å². The third kappa shape index (κ3) is 6.25. The number of carboxylic acid groups (broad SMARTS) is 1. The lowest BCUT2D eigenvalue weighted by Gasteiger charge is -2.22. The Hall–Kier alpha value is -4.69. The molecule has 3 aromatic heterocycles. The van der Waals surface area contributed by atoms with Crippen LogP contribution in [0.4, 0.5) is 5.95 Å². The number of hydrogen-bond donors (Lipinski definition) is 2. The van der Waals surface area contributed by atoms with E-state index in [-0.39, 0.29) is 12.5 Å². The molecular formula is C28H28N8O3. The molecule has 1 saturated heterocycles. The molecule has 0 amide bonds. The van der Waals surface area contributed by atoms with Gasteiger partial charge in [-0.25, -0.2) is 14.6 Å². The molecule has 1 aliphatic rings. The van der Waals surface area contributed by atoms with Gasteiger partial charge in [0, 0.05) is 23.3 Å². The lowest BCUT2D eigenvalue weighted by molar-refractivity contribution is -0.138. The van der Waals surface area contributed by atoms with E-state index < -0.39 is 11.4 Å². The SMILES string of the molecule is CC(C)(CC(=O)O)c1cccc(Cn2cc(-c3cc(-c4cccc(C#N)c4)nc(NC4CCOC4)n3)nn2)n1. The highest BCUT2D eigenvalue weighted by Gasteiger charge is 2.26. The lowest BCUT2D eigenvalue weighted by atomic mass is 9.85. The van der Waals surface area contributed by atoms with E-state index in [0.717, 1.165) is 17.7 Å². The minimum absolute atomic E-state index is 0.0202. The topological polar surface area (TPSA) is 152 Å². The number of nitriles is 1. The van der Waals surface area contributed by atoms with Gasteiger partial charge in [0.1, 0.15) is 5.69 Å². The monoisotopic (exact) mass is 524 g/mol. The first-order chi connectivity index (χ1) is 18.8. The Kier molecular flexibility index (Phi) is 7.29. The van der Waals surface area contributed by atoms with Crippen LogP contribution in [0.15, 0.2) is 54.7 Å². The molecule has 1 unspecified atom stereocenters. The van der Waals surface area contributed by atoms with Gasteiger partial charge in [0.25, 0.3) is 0 Å². The molecule has 4 heterocycles. The predicted octanol–water partition coefficient (Wildman–Crippen LogP) is 3.67. The summed E-state index contributed by atoms with van der Waals surface area (Å²) in [6.07, 6.45) is 2.63. The number of pyridine rings is 1. The fourth-order valence-electron chi connectivity index (χ4n) is 4.44. The van der Waals surface area contributed by atoms with E-state index in [2.05, 4.69) is 21.7 Å². The van der Waals surface area contributed by atoms with Crippen molar-refractivity contribution in [2.75, 3.05) is 18.5 Å². The van der Waals surface area contributed by atoms with Crippen LogP contribution in [0.1, 0.15) is 43.6 Å². The van der Waals surface area contributed by atoms with Crippen LogP contribution in [0.5, 0.6) is 0 Å². The third-order valence-corrected chi connectivity index (χ3v) is 6.49. The van der Waals surface area contributed by atoms with Gasteiger partial charge < -0.3 is 15.2 Å². The van der Waals surface area contributed by atoms with Gasteiger partial charge in [0.15, 0.2) is 0 Å². The zero-order valence-corrected chi connectivity index (χ0v) is 21.7. The number of rotatable bonds is 9. The van der Waals surface area contributed by atoms with Crippen molar-refractivity contribution in [2.24, 2.45) is 0 Å². The van der Waals surface area contributed by atoms with Crippen molar-refractivity contribution >= 4 is 11.9 Å². The summed E-state index contributed by atoms with van der Waals surface area (Å²) in [6.45, 7) is 5.35. The van der Waals surface area contributed by atoms with Gasteiger partial charge >= 0.3 is 5.97 Å². The molecule has 1 fully saturated rings. The lowest BCUT2D eigenvalue weighted by Crippen LogP contribution is -2.23. The predicted molar refractivity (Wildman–Crippen MR) is 143 cm³/mol. The van der Waals surface area contributed by atoms with E-state index in [9.17, 15) is 15.2 Å². The van der Waals surface area contributed by atoms with E-state index >= 15 is 0 Å². The number of nitrogens with one attached hydrogen (secondary N) is 1. The van der Waals surface area contributed by atoms with Crippen LogP contribution in [0.25, 0.3) is 22.6 Å². The van der Waals surface area contributed by atoms with E-state index in [1.54, 1.807) is 23.0 Å². The average molecular weight is 525 g/mol.